The first kappa shape index (κ1) is 10.2. The number of halogens is 4. The second-order valence-electron chi connectivity index (χ2n) is 2.41. The van der Waals surface area contributed by atoms with Crippen molar-refractivity contribution in [2.24, 2.45) is 0 Å². The third-order valence-corrected chi connectivity index (χ3v) is 1.88. The Kier molecular flexibility index (Phi) is 2.71. The largest absolute Gasteiger partial charge is 0.418 e. The van der Waals surface area contributed by atoms with Crippen molar-refractivity contribution in [3.05, 3.63) is 28.8 Å². The molecule has 1 aromatic rings. The smallest absolute Gasteiger partial charge is 0.386 e. The standard InChI is InChI=1S/C8H7ClF3N/c1-13-7-5(8(10,11)12)3-2-4-6(7)9/h2-4,13H,1H3. The van der Waals surface area contributed by atoms with Crippen LogP contribution in [-0.4, -0.2) is 7.05 Å². The van der Waals surface area contributed by atoms with Crippen molar-refractivity contribution in [2.45, 2.75) is 6.18 Å². The average Bonchev–Trinajstić information content (AvgIpc) is 2.02. The maximum Gasteiger partial charge on any atom is 0.418 e. The molecule has 0 fully saturated rings. The summed E-state index contributed by atoms with van der Waals surface area (Å²) in [5, 5.41) is 2.49. The lowest BCUT2D eigenvalue weighted by atomic mass is 10.1. The Morgan fingerprint density at radius 2 is 1.92 bits per heavy atom. The third-order valence-electron chi connectivity index (χ3n) is 1.57. The number of para-hydroxylation sites is 1. The Morgan fingerprint density at radius 3 is 2.31 bits per heavy atom. The van der Waals surface area contributed by atoms with Crippen molar-refractivity contribution in [1.29, 1.82) is 0 Å². The molecular weight excluding hydrogens is 203 g/mol. The molecule has 0 bridgehead atoms. The van der Waals surface area contributed by atoms with Crippen molar-refractivity contribution in [1.82, 2.24) is 0 Å². The summed E-state index contributed by atoms with van der Waals surface area (Å²) in [6, 6.07) is 3.66. The molecular formula is C8H7ClF3N. The van der Waals surface area contributed by atoms with Gasteiger partial charge in [0.15, 0.2) is 0 Å². The fraction of sp³-hybridized carbons (Fsp3) is 0.250. The summed E-state index contributed by atoms with van der Waals surface area (Å²) in [5.41, 5.74) is -0.834. The number of benzene rings is 1. The Balaban J connectivity index is 3.29. The highest BCUT2D eigenvalue weighted by molar-refractivity contribution is 6.33. The molecule has 0 saturated carbocycles. The van der Waals surface area contributed by atoms with Gasteiger partial charge in [-0.1, -0.05) is 17.7 Å². The summed E-state index contributed by atoms with van der Waals surface area (Å²) in [5.74, 6) is 0. The van der Waals surface area contributed by atoms with E-state index in [2.05, 4.69) is 5.32 Å². The third kappa shape index (κ3) is 2.06. The van der Waals surface area contributed by atoms with E-state index in [-0.39, 0.29) is 10.7 Å². The summed E-state index contributed by atoms with van der Waals surface area (Å²) >= 11 is 5.57. The molecule has 1 rings (SSSR count). The molecule has 0 spiro atoms. The lowest BCUT2D eigenvalue weighted by Gasteiger charge is -2.13. The van der Waals surface area contributed by atoms with Crippen LogP contribution in [0, 0.1) is 0 Å². The molecule has 0 aliphatic heterocycles. The molecule has 5 heteroatoms. The molecule has 0 heterocycles. The van der Waals surface area contributed by atoms with E-state index in [1.54, 1.807) is 0 Å². The molecule has 72 valence electrons. The first-order valence-corrected chi connectivity index (χ1v) is 3.88. The monoisotopic (exact) mass is 209 g/mol. The van der Waals surface area contributed by atoms with Gasteiger partial charge >= 0.3 is 6.18 Å². The van der Waals surface area contributed by atoms with E-state index >= 15 is 0 Å². The molecule has 1 N–H and O–H groups in total. The molecule has 0 aromatic heterocycles. The summed E-state index contributed by atoms with van der Waals surface area (Å²) < 4.78 is 37.0. The van der Waals surface area contributed by atoms with E-state index in [1.807, 2.05) is 0 Å². The molecule has 0 amide bonds. The first-order chi connectivity index (χ1) is 5.96. The van der Waals surface area contributed by atoms with Crippen LogP contribution in [-0.2, 0) is 6.18 Å². The zero-order chi connectivity index (χ0) is 10.1. The SMILES string of the molecule is CNc1c(Cl)cccc1C(F)(F)F. The summed E-state index contributed by atoms with van der Waals surface area (Å²) in [7, 11) is 1.40. The van der Waals surface area contributed by atoms with Gasteiger partial charge in [0.1, 0.15) is 0 Å². The van der Waals surface area contributed by atoms with Crippen LogP contribution in [0.3, 0.4) is 0 Å². The summed E-state index contributed by atoms with van der Waals surface area (Å²) in [4.78, 5) is 0. The van der Waals surface area contributed by atoms with E-state index in [0.29, 0.717) is 0 Å². The number of hydrogen-bond acceptors (Lipinski definition) is 1. The second-order valence-corrected chi connectivity index (χ2v) is 2.82. The number of rotatable bonds is 1. The van der Waals surface area contributed by atoms with Gasteiger partial charge in [0, 0.05) is 7.05 Å². The van der Waals surface area contributed by atoms with Crippen LogP contribution in [0.25, 0.3) is 0 Å². The highest BCUT2D eigenvalue weighted by Crippen LogP contribution is 2.37. The highest BCUT2D eigenvalue weighted by atomic mass is 35.5. The summed E-state index contributed by atoms with van der Waals surface area (Å²) in [6.07, 6.45) is -4.37. The Labute approximate surface area is 78.5 Å². The lowest BCUT2D eigenvalue weighted by Crippen LogP contribution is -2.08. The van der Waals surface area contributed by atoms with Crippen molar-refractivity contribution < 1.29 is 13.2 Å². The van der Waals surface area contributed by atoms with Crippen molar-refractivity contribution in [3.8, 4) is 0 Å². The number of nitrogens with one attached hydrogen (secondary N) is 1. The van der Waals surface area contributed by atoms with Crippen molar-refractivity contribution in [2.75, 3.05) is 12.4 Å². The molecule has 0 unspecified atom stereocenters. The number of anilines is 1. The van der Waals surface area contributed by atoms with Crippen LogP contribution in [0.15, 0.2) is 18.2 Å². The molecule has 0 saturated heterocycles. The summed E-state index contributed by atoms with van der Waals surface area (Å²) in [6.45, 7) is 0. The molecule has 0 aliphatic carbocycles. The predicted molar refractivity (Wildman–Crippen MR) is 46.0 cm³/mol. The van der Waals surface area contributed by atoms with Crippen LogP contribution in [0.1, 0.15) is 5.56 Å². The molecule has 0 aliphatic rings. The van der Waals surface area contributed by atoms with E-state index in [9.17, 15) is 13.2 Å². The fourth-order valence-corrected chi connectivity index (χ4v) is 1.28. The maximum atomic E-state index is 12.3. The zero-order valence-electron chi connectivity index (χ0n) is 6.74. The minimum Gasteiger partial charge on any atom is -0.386 e. The van der Waals surface area contributed by atoms with Crippen LogP contribution < -0.4 is 5.32 Å². The zero-order valence-corrected chi connectivity index (χ0v) is 7.50. The molecule has 0 radical (unpaired) electrons. The van der Waals surface area contributed by atoms with E-state index in [0.717, 1.165) is 6.07 Å². The maximum absolute atomic E-state index is 12.3. The van der Waals surface area contributed by atoms with Gasteiger partial charge in [-0.05, 0) is 12.1 Å². The van der Waals surface area contributed by atoms with Crippen LogP contribution in [0.5, 0.6) is 0 Å². The van der Waals surface area contributed by atoms with Crippen molar-refractivity contribution in [3.63, 3.8) is 0 Å². The van der Waals surface area contributed by atoms with Gasteiger partial charge in [-0.2, -0.15) is 13.2 Å². The Morgan fingerprint density at radius 1 is 1.31 bits per heavy atom. The molecule has 0 atom stereocenters. The first-order valence-electron chi connectivity index (χ1n) is 3.50. The van der Waals surface area contributed by atoms with Gasteiger partial charge in [0.25, 0.3) is 0 Å². The quantitative estimate of drug-likeness (QED) is 0.748. The molecule has 1 aromatic carbocycles. The van der Waals surface area contributed by atoms with Crippen LogP contribution in [0.4, 0.5) is 18.9 Å². The second kappa shape index (κ2) is 3.46. The van der Waals surface area contributed by atoms with Gasteiger partial charge in [-0.25, -0.2) is 0 Å². The van der Waals surface area contributed by atoms with Crippen LogP contribution >= 0.6 is 11.6 Å². The lowest BCUT2D eigenvalue weighted by molar-refractivity contribution is -0.136. The fourth-order valence-electron chi connectivity index (χ4n) is 1.01. The van der Waals surface area contributed by atoms with Gasteiger partial charge in [0.05, 0.1) is 16.3 Å². The number of hydrogen-bond donors (Lipinski definition) is 1. The minimum atomic E-state index is -4.37. The highest BCUT2D eigenvalue weighted by Gasteiger charge is 2.33. The minimum absolute atomic E-state index is 0.0670. The van der Waals surface area contributed by atoms with Crippen molar-refractivity contribution >= 4 is 17.3 Å². The van der Waals surface area contributed by atoms with Gasteiger partial charge < -0.3 is 5.32 Å². The van der Waals surface area contributed by atoms with Gasteiger partial charge in [-0.3, -0.25) is 0 Å². The predicted octanol–water partition coefficient (Wildman–Crippen LogP) is 3.40. The van der Waals surface area contributed by atoms with Crippen LogP contribution in [0.2, 0.25) is 5.02 Å². The Hall–Kier alpha value is -0.900. The number of alkyl halides is 3. The van der Waals surface area contributed by atoms with Gasteiger partial charge in [-0.15, -0.1) is 0 Å². The van der Waals surface area contributed by atoms with E-state index < -0.39 is 11.7 Å². The normalized spacial score (nSPS) is 11.5. The van der Waals surface area contributed by atoms with E-state index in [4.69, 9.17) is 11.6 Å². The average molecular weight is 210 g/mol. The topological polar surface area (TPSA) is 12.0 Å². The molecule has 13 heavy (non-hydrogen) atoms. The molecule has 1 nitrogen and oxygen atoms in total. The Bertz CT molecular complexity index is 309. The van der Waals surface area contributed by atoms with Gasteiger partial charge in [0.2, 0.25) is 0 Å². The van der Waals surface area contributed by atoms with E-state index in [1.165, 1.54) is 19.2 Å².